The molecule has 0 bridgehead atoms. The van der Waals surface area contributed by atoms with Gasteiger partial charge in [-0.2, -0.15) is 0 Å². The van der Waals surface area contributed by atoms with E-state index in [1.54, 1.807) is 19.1 Å². The fourth-order valence-corrected chi connectivity index (χ4v) is 1.67. The summed E-state index contributed by atoms with van der Waals surface area (Å²) >= 11 is 2.17. The second-order valence-electron chi connectivity index (χ2n) is 3.81. The minimum absolute atomic E-state index is 0.102. The molecule has 0 fully saturated rings. The van der Waals surface area contributed by atoms with Crippen LogP contribution in [0.2, 0.25) is 0 Å². The van der Waals surface area contributed by atoms with Crippen molar-refractivity contribution in [3.05, 3.63) is 27.8 Å². The van der Waals surface area contributed by atoms with Crippen molar-refractivity contribution >= 4 is 34.5 Å². The Kier molecular flexibility index (Phi) is 5.90. The number of carbonyl (C=O) groups excluding carboxylic acids is 1. The van der Waals surface area contributed by atoms with Crippen molar-refractivity contribution in [3.8, 4) is 5.75 Å². The summed E-state index contributed by atoms with van der Waals surface area (Å²) < 4.78 is 6.35. The lowest BCUT2D eigenvalue weighted by Crippen LogP contribution is -2.37. The molecule has 18 heavy (non-hydrogen) atoms. The topological polar surface area (TPSA) is 75.6 Å². The van der Waals surface area contributed by atoms with Gasteiger partial charge in [0, 0.05) is 9.61 Å². The van der Waals surface area contributed by atoms with Crippen molar-refractivity contribution in [2.75, 3.05) is 6.61 Å². The van der Waals surface area contributed by atoms with Crippen LogP contribution in [-0.2, 0) is 9.59 Å². The molecule has 0 heterocycles. The summed E-state index contributed by atoms with van der Waals surface area (Å²) in [5, 5.41) is 11.1. The van der Waals surface area contributed by atoms with E-state index in [-0.39, 0.29) is 18.9 Å². The second kappa shape index (κ2) is 7.20. The molecule has 0 aliphatic heterocycles. The molecule has 0 aliphatic carbocycles. The van der Waals surface area contributed by atoms with E-state index in [1.165, 1.54) is 0 Å². The molecular formula is C12H14INO4. The van der Waals surface area contributed by atoms with Crippen molar-refractivity contribution in [1.82, 2.24) is 5.32 Å². The van der Waals surface area contributed by atoms with Gasteiger partial charge in [0.1, 0.15) is 5.75 Å². The Morgan fingerprint density at radius 2 is 2.00 bits per heavy atom. The molecule has 2 N–H and O–H groups in total. The van der Waals surface area contributed by atoms with E-state index < -0.39 is 12.0 Å². The minimum Gasteiger partial charge on any atom is -0.484 e. The number of carbonyl (C=O) groups is 2. The van der Waals surface area contributed by atoms with E-state index in [4.69, 9.17) is 9.84 Å². The highest BCUT2D eigenvalue weighted by molar-refractivity contribution is 14.1. The van der Waals surface area contributed by atoms with Gasteiger partial charge in [0.05, 0.1) is 6.42 Å². The average molecular weight is 363 g/mol. The van der Waals surface area contributed by atoms with E-state index in [2.05, 4.69) is 27.9 Å². The number of benzene rings is 1. The molecule has 0 spiro atoms. The predicted molar refractivity (Wildman–Crippen MR) is 74.5 cm³/mol. The van der Waals surface area contributed by atoms with E-state index in [9.17, 15) is 9.59 Å². The van der Waals surface area contributed by atoms with Crippen molar-refractivity contribution in [2.24, 2.45) is 0 Å². The Hall–Kier alpha value is -1.31. The summed E-state index contributed by atoms with van der Waals surface area (Å²) in [6, 6.07) is 6.89. The molecule has 0 saturated heterocycles. The maximum Gasteiger partial charge on any atom is 0.305 e. The molecule has 98 valence electrons. The van der Waals surface area contributed by atoms with Crippen LogP contribution in [0.3, 0.4) is 0 Å². The lowest BCUT2D eigenvalue weighted by molar-refractivity contribution is -0.137. The van der Waals surface area contributed by atoms with Crippen molar-refractivity contribution < 1.29 is 19.4 Å². The van der Waals surface area contributed by atoms with E-state index in [1.807, 2.05) is 12.1 Å². The number of carboxylic acid groups (broad SMARTS) is 1. The maximum atomic E-state index is 11.4. The number of hydrogen-bond donors (Lipinski definition) is 2. The molecular weight excluding hydrogens is 349 g/mol. The smallest absolute Gasteiger partial charge is 0.305 e. The van der Waals surface area contributed by atoms with Gasteiger partial charge in [-0.05, 0) is 53.8 Å². The quantitative estimate of drug-likeness (QED) is 0.754. The summed E-state index contributed by atoms with van der Waals surface area (Å²) in [5.41, 5.74) is 0. The lowest BCUT2D eigenvalue weighted by Gasteiger charge is -2.12. The van der Waals surface area contributed by atoms with Crippen LogP contribution in [0.1, 0.15) is 13.3 Å². The Morgan fingerprint density at radius 1 is 1.39 bits per heavy atom. The first-order valence-electron chi connectivity index (χ1n) is 5.37. The molecule has 5 nitrogen and oxygen atoms in total. The van der Waals surface area contributed by atoms with Crippen LogP contribution < -0.4 is 10.1 Å². The van der Waals surface area contributed by atoms with Crippen LogP contribution in [0, 0.1) is 3.57 Å². The fraction of sp³-hybridized carbons (Fsp3) is 0.333. The molecule has 1 atom stereocenters. The van der Waals surface area contributed by atoms with Crippen LogP contribution in [0.15, 0.2) is 24.3 Å². The molecule has 0 aromatic heterocycles. The number of nitrogens with one attached hydrogen (secondary N) is 1. The molecule has 0 radical (unpaired) electrons. The third kappa shape index (κ3) is 5.85. The normalized spacial score (nSPS) is 11.7. The van der Waals surface area contributed by atoms with E-state index >= 15 is 0 Å². The number of ether oxygens (including phenoxy) is 1. The molecule has 1 amide bonds. The number of rotatable bonds is 6. The van der Waals surface area contributed by atoms with Crippen LogP contribution in [0.25, 0.3) is 0 Å². The van der Waals surface area contributed by atoms with Gasteiger partial charge in [0.2, 0.25) is 0 Å². The van der Waals surface area contributed by atoms with Gasteiger partial charge in [0.25, 0.3) is 5.91 Å². The summed E-state index contributed by atoms with van der Waals surface area (Å²) in [6.07, 6.45) is -0.102. The van der Waals surface area contributed by atoms with Gasteiger partial charge >= 0.3 is 5.97 Å². The molecule has 6 heteroatoms. The zero-order valence-corrected chi connectivity index (χ0v) is 12.0. The molecule has 1 rings (SSSR count). The zero-order chi connectivity index (χ0) is 13.5. The van der Waals surface area contributed by atoms with E-state index in [0.29, 0.717) is 5.75 Å². The SMILES string of the molecule is CC(CC(=O)O)NC(=O)COc1ccc(I)cc1. The lowest BCUT2D eigenvalue weighted by atomic mass is 10.2. The van der Waals surface area contributed by atoms with Gasteiger partial charge in [-0.1, -0.05) is 0 Å². The summed E-state index contributed by atoms with van der Waals surface area (Å²) in [4.78, 5) is 21.9. The van der Waals surface area contributed by atoms with Gasteiger partial charge < -0.3 is 15.2 Å². The average Bonchev–Trinajstić information content (AvgIpc) is 2.27. The summed E-state index contributed by atoms with van der Waals surface area (Å²) in [6.45, 7) is 1.52. The number of carboxylic acids is 1. The van der Waals surface area contributed by atoms with Gasteiger partial charge in [-0.25, -0.2) is 0 Å². The Labute approximate surface area is 119 Å². The third-order valence-electron chi connectivity index (χ3n) is 2.07. The first-order chi connectivity index (χ1) is 8.47. The van der Waals surface area contributed by atoms with Crippen LogP contribution in [0.4, 0.5) is 0 Å². The van der Waals surface area contributed by atoms with Gasteiger partial charge in [-0.15, -0.1) is 0 Å². The van der Waals surface area contributed by atoms with Crippen LogP contribution >= 0.6 is 22.6 Å². The number of hydrogen-bond acceptors (Lipinski definition) is 3. The molecule has 0 aliphatic rings. The van der Waals surface area contributed by atoms with Gasteiger partial charge in [0.15, 0.2) is 6.61 Å². The molecule has 1 aromatic carbocycles. The van der Waals surface area contributed by atoms with E-state index in [0.717, 1.165) is 3.57 Å². The monoisotopic (exact) mass is 363 g/mol. The van der Waals surface area contributed by atoms with Crippen LogP contribution in [-0.4, -0.2) is 29.6 Å². The predicted octanol–water partition coefficient (Wildman–Crippen LogP) is 1.65. The number of halogens is 1. The Morgan fingerprint density at radius 3 is 2.56 bits per heavy atom. The minimum atomic E-state index is -0.943. The zero-order valence-electron chi connectivity index (χ0n) is 9.85. The second-order valence-corrected chi connectivity index (χ2v) is 5.05. The first kappa shape index (κ1) is 14.7. The molecule has 1 aromatic rings. The highest BCUT2D eigenvalue weighted by Crippen LogP contribution is 2.13. The van der Waals surface area contributed by atoms with Crippen molar-refractivity contribution in [1.29, 1.82) is 0 Å². The summed E-state index contributed by atoms with van der Waals surface area (Å²) in [7, 11) is 0. The van der Waals surface area contributed by atoms with Crippen molar-refractivity contribution in [3.63, 3.8) is 0 Å². The standard InChI is InChI=1S/C12H14INO4/c1-8(6-12(16)17)14-11(15)7-18-10-4-2-9(13)3-5-10/h2-5,8H,6-7H2,1H3,(H,14,15)(H,16,17). The number of amides is 1. The third-order valence-corrected chi connectivity index (χ3v) is 2.79. The van der Waals surface area contributed by atoms with Crippen molar-refractivity contribution in [2.45, 2.75) is 19.4 Å². The fourth-order valence-electron chi connectivity index (χ4n) is 1.31. The summed E-state index contributed by atoms with van der Waals surface area (Å²) in [5.74, 6) is -0.667. The van der Waals surface area contributed by atoms with Gasteiger partial charge in [-0.3, -0.25) is 9.59 Å². The maximum absolute atomic E-state index is 11.4. The Balaban J connectivity index is 2.32. The van der Waals surface area contributed by atoms with Crippen LogP contribution in [0.5, 0.6) is 5.75 Å². The Bertz CT molecular complexity index is 419. The largest absolute Gasteiger partial charge is 0.484 e. The first-order valence-corrected chi connectivity index (χ1v) is 6.45. The molecule has 0 saturated carbocycles. The number of aliphatic carboxylic acids is 1. The highest BCUT2D eigenvalue weighted by atomic mass is 127. The molecule has 1 unspecified atom stereocenters. The highest BCUT2D eigenvalue weighted by Gasteiger charge is 2.11.